The molecule has 0 amide bonds. The van der Waals surface area contributed by atoms with E-state index in [9.17, 15) is 9.18 Å². The summed E-state index contributed by atoms with van der Waals surface area (Å²) in [6, 6.07) is 16.0. The third-order valence-electron chi connectivity index (χ3n) is 3.83. The van der Waals surface area contributed by atoms with Crippen LogP contribution in [0.5, 0.6) is 0 Å². The van der Waals surface area contributed by atoms with Gasteiger partial charge in [-0.25, -0.2) is 4.39 Å². The zero-order valence-electron chi connectivity index (χ0n) is 14.1. The van der Waals surface area contributed by atoms with Crippen LogP contribution in [0.4, 0.5) is 4.39 Å². The lowest BCUT2D eigenvalue weighted by Gasteiger charge is -1.91. The van der Waals surface area contributed by atoms with E-state index in [1.54, 1.807) is 30.4 Å². The quantitative estimate of drug-likeness (QED) is 0.547. The number of nitrogens with zero attached hydrogens (tertiary/aromatic N) is 3. The van der Waals surface area contributed by atoms with Gasteiger partial charge in [-0.3, -0.25) is 4.79 Å². The summed E-state index contributed by atoms with van der Waals surface area (Å²) in [5.74, 6) is 0.155. The van der Waals surface area contributed by atoms with Crippen LogP contribution in [0.25, 0.3) is 29.3 Å². The molecule has 2 aromatic heterocycles. The van der Waals surface area contributed by atoms with E-state index in [0.29, 0.717) is 15.3 Å². The highest BCUT2D eigenvalue weighted by atomic mass is 32.1. The van der Waals surface area contributed by atoms with Crippen LogP contribution in [0.2, 0.25) is 0 Å². The van der Waals surface area contributed by atoms with Gasteiger partial charge in [-0.15, -0.1) is 5.10 Å². The molecule has 0 aliphatic rings. The number of halogens is 1. The molecule has 0 saturated heterocycles. The van der Waals surface area contributed by atoms with Crippen LogP contribution in [0.3, 0.4) is 0 Å². The van der Waals surface area contributed by atoms with Gasteiger partial charge in [0.1, 0.15) is 5.82 Å². The average molecular weight is 375 g/mol. The molecule has 0 aliphatic heterocycles. The Hall–Kier alpha value is -3.38. The first-order chi connectivity index (χ1) is 13.2. The molecule has 6 heteroatoms. The average Bonchev–Trinajstić information content (AvgIpc) is 3.21. The van der Waals surface area contributed by atoms with Gasteiger partial charge in [0, 0.05) is 0 Å². The van der Waals surface area contributed by atoms with Crippen molar-refractivity contribution in [2.45, 2.75) is 0 Å². The summed E-state index contributed by atoms with van der Waals surface area (Å²) >= 11 is 1.29. The van der Waals surface area contributed by atoms with Crippen LogP contribution in [-0.4, -0.2) is 14.6 Å². The fraction of sp³-hybridized carbons (Fsp3) is 0. The molecule has 132 valence electrons. The molecular formula is C21H14FN3OS. The highest BCUT2D eigenvalue weighted by Gasteiger charge is 2.08. The van der Waals surface area contributed by atoms with E-state index in [0.717, 1.165) is 11.1 Å². The highest BCUT2D eigenvalue weighted by molar-refractivity contribution is 7.15. The summed E-state index contributed by atoms with van der Waals surface area (Å²) in [7, 11) is 0. The fourth-order valence-corrected chi connectivity index (χ4v) is 3.36. The van der Waals surface area contributed by atoms with Crippen molar-refractivity contribution in [1.82, 2.24) is 14.6 Å². The molecule has 0 spiro atoms. The van der Waals surface area contributed by atoms with Crippen molar-refractivity contribution < 1.29 is 4.39 Å². The summed E-state index contributed by atoms with van der Waals surface area (Å²) in [4.78, 5) is 17.3. The summed E-state index contributed by atoms with van der Waals surface area (Å²) in [5.41, 5.74) is 1.70. The van der Waals surface area contributed by atoms with Gasteiger partial charge in [0.15, 0.2) is 5.82 Å². The van der Waals surface area contributed by atoms with Crippen molar-refractivity contribution in [2.75, 3.05) is 0 Å². The van der Waals surface area contributed by atoms with Crippen LogP contribution < -0.4 is 10.1 Å². The molecule has 2 aromatic carbocycles. The highest BCUT2D eigenvalue weighted by Crippen LogP contribution is 2.09. The lowest BCUT2D eigenvalue weighted by atomic mass is 10.2. The largest absolute Gasteiger partial charge is 0.291 e. The van der Waals surface area contributed by atoms with Gasteiger partial charge in [0.05, 0.1) is 4.53 Å². The van der Waals surface area contributed by atoms with E-state index in [4.69, 9.17) is 0 Å². The minimum Gasteiger partial charge on any atom is -0.266 e. The molecule has 0 fully saturated rings. The minimum absolute atomic E-state index is 0.193. The molecule has 4 aromatic rings. The number of hydrogen-bond donors (Lipinski definition) is 0. The maximum Gasteiger partial charge on any atom is 0.291 e. The molecule has 0 unspecified atom stereocenters. The molecule has 0 aliphatic carbocycles. The molecule has 27 heavy (non-hydrogen) atoms. The molecule has 0 bridgehead atoms. The Kier molecular flexibility index (Phi) is 4.72. The van der Waals surface area contributed by atoms with Crippen molar-refractivity contribution in [2.24, 2.45) is 0 Å². The SMILES string of the molecule is O=c1c(=CC=Cc2ccccc2)sc2nc(C=Cc3ccc(F)cc3)nn12. The van der Waals surface area contributed by atoms with E-state index < -0.39 is 0 Å². The zero-order chi connectivity index (χ0) is 18.6. The van der Waals surface area contributed by atoms with Gasteiger partial charge in [-0.1, -0.05) is 72.0 Å². The summed E-state index contributed by atoms with van der Waals surface area (Å²) in [6.45, 7) is 0. The molecule has 0 saturated carbocycles. The first-order valence-corrected chi connectivity index (χ1v) is 9.07. The van der Waals surface area contributed by atoms with Gasteiger partial charge >= 0.3 is 0 Å². The standard InChI is InChI=1S/C21H14FN3OS/c22-17-12-9-16(10-13-17)11-14-19-23-21-25(24-19)20(26)18(27-21)8-4-7-15-5-2-1-3-6-15/h1-14H. The maximum atomic E-state index is 12.9. The predicted molar refractivity (Wildman–Crippen MR) is 108 cm³/mol. The Morgan fingerprint density at radius 1 is 0.926 bits per heavy atom. The molecule has 2 heterocycles. The monoisotopic (exact) mass is 375 g/mol. The zero-order valence-corrected chi connectivity index (χ0v) is 14.9. The molecule has 0 N–H and O–H groups in total. The Morgan fingerprint density at radius 3 is 2.41 bits per heavy atom. The van der Waals surface area contributed by atoms with Crippen LogP contribution in [-0.2, 0) is 0 Å². The number of allylic oxidation sites excluding steroid dienone is 1. The van der Waals surface area contributed by atoms with E-state index in [2.05, 4.69) is 10.1 Å². The van der Waals surface area contributed by atoms with Crippen molar-refractivity contribution >= 4 is 40.6 Å². The van der Waals surface area contributed by atoms with E-state index in [-0.39, 0.29) is 11.4 Å². The lowest BCUT2D eigenvalue weighted by molar-refractivity contribution is 0.628. The van der Waals surface area contributed by atoms with E-state index in [1.165, 1.54) is 28.0 Å². The first kappa shape index (κ1) is 17.1. The number of benzene rings is 2. The predicted octanol–water partition coefficient (Wildman–Crippen LogP) is 3.67. The first-order valence-electron chi connectivity index (χ1n) is 8.26. The Balaban J connectivity index is 1.58. The fourth-order valence-electron chi connectivity index (χ4n) is 2.49. The summed E-state index contributed by atoms with van der Waals surface area (Å²) in [5, 5.41) is 4.23. The molecule has 0 radical (unpaired) electrons. The van der Waals surface area contributed by atoms with Crippen LogP contribution in [0.1, 0.15) is 17.0 Å². The summed E-state index contributed by atoms with van der Waals surface area (Å²) in [6.07, 6.45) is 9.03. The number of fused-ring (bicyclic) bond motifs is 1. The van der Waals surface area contributed by atoms with Crippen molar-refractivity contribution in [3.63, 3.8) is 0 Å². The minimum atomic E-state index is -0.283. The lowest BCUT2D eigenvalue weighted by Crippen LogP contribution is -2.23. The Bertz CT molecular complexity index is 1240. The van der Waals surface area contributed by atoms with Crippen molar-refractivity contribution in [3.05, 3.63) is 98.3 Å². The van der Waals surface area contributed by atoms with Crippen molar-refractivity contribution in [1.29, 1.82) is 0 Å². The second-order valence-corrected chi connectivity index (χ2v) is 6.77. The van der Waals surface area contributed by atoms with Crippen molar-refractivity contribution in [3.8, 4) is 0 Å². The second-order valence-electron chi connectivity index (χ2n) is 5.76. The van der Waals surface area contributed by atoms with Gasteiger partial charge in [0.25, 0.3) is 5.56 Å². The van der Waals surface area contributed by atoms with Crippen LogP contribution in [0.15, 0.2) is 65.5 Å². The number of hydrogen-bond acceptors (Lipinski definition) is 4. The normalized spacial score (nSPS) is 12.7. The van der Waals surface area contributed by atoms with Gasteiger partial charge in [-0.05, 0) is 35.4 Å². The third kappa shape index (κ3) is 3.91. The van der Waals surface area contributed by atoms with Gasteiger partial charge < -0.3 is 0 Å². The van der Waals surface area contributed by atoms with E-state index in [1.807, 2.05) is 42.5 Å². The van der Waals surface area contributed by atoms with Crippen LogP contribution >= 0.6 is 11.3 Å². The van der Waals surface area contributed by atoms with Gasteiger partial charge in [-0.2, -0.15) is 9.50 Å². The molecule has 4 nitrogen and oxygen atoms in total. The number of aromatic nitrogens is 3. The molecule has 4 rings (SSSR count). The third-order valence-corrected chi connectivity index (χ3v) is 4.81. The second kappa shape index (κ2) is 7.47. The van der Waals surface area contributed by atoms with E-state index >= 15 is 0 Å². The van der Waals surface area contributed by atoms with Crippen LogP contribution in [0, 0.1) is 5.82 Å². The number of thiazole rings is 1. The Labute approximate surface area is 158 Å². The smallest absolute Gasteiger partial charge is 0.266 e. The maximum absolute atomic E-state index is 12.9. The molecule has 0 atom stereocenters. The topological polar surface area (TPSA) is 47.3 Å². The molecular weight excluding hydrogens is 361 g/mol. The number of rotatable bonds is 4. The summed E-state index contributed by atoms with van der Waals surface area (Å²) < 4.78 is 14.8. The Morgan fingerprint density at radius 2 is 1.67 bits per heavy atom. The van der Waals surface area contributed by atoms with Gasteiger partial charge in [0.2, 0.25) is 4.96 Å².